The lowest BCUT2D eigenvalue weighted by molar-refractivity contribution is 0.0828. The molecule has 0 radical (unpaired) electrons. The largest absolute Gasteiger partial charge is 0.0649 e. The lowest BCUT2D eigenvalue weighted by Gasteiger charge is -2.42. The topological polar surface area (TPSA) is 0 Å². The Morgan fingerprint density at radius 2 is 1.25 bits per heavy atom. The molecule has 0 aliphatic rings. The van der Waals surface area contributed by atoms with Gasteiger partial charge in [-0.3, -0.25) is 0 Å². The Balaban J connectivity index is 4.68. The van der Waals surface area contributed by atoms with Gasteiger partial charge in [-0.25, -0.2) is 0 Å². The van der Waals surface area contributed by atoms with Crippen LogP contribution in [0.4, 0.5) is 0 Å². The van der Waals surface area contributed by atoms with E-state index in [1.165, 1.54) is 19.3 Å². The van der Waals surface area contributed by atoms with Crippen molar-refractivity contribution < 1.29 is 0 Å². The Morgan fingerprint density at radius 3 is 1.50 bits per heavy atom. The molecule has 0 saturated heterocycles. The molecule has 0 aromatic carbocycles. The van der Waals surface area contributed by atoms with Gasteiger partial charge >= 0.3 is 0 Å². The molecular formula is C16H34. The smallest absolute Gasteiger partial charge is 0.0300 e. The van der Waals surface area contributed by atoms with E-state index >= 15 is 0 Å². The molecule has 0 N–H and O–H groups in total. The van der Waals surface area contributed by atoms with Gasteiger partial charge in [-0.15, -0.1) is 0 Å². The summed E-state index contributed by atoms with van der Waals surface area (Å²) in [5.74, 6) is 0.775. The predicted molar refractivity (Wildman–Crippen MR) is 75.7 cm³/mol. The highest BCUT2D eigenvalue weighted by molar-refractivity contribution is 4.86. The Hall–Kier alpha value is 0. The van der Waals surface area contributed by atoms with Gasteiger partial charge in [0.25, 0.3) is 0 Å². The molecule has 0 aliphatic heterocycles. The highest BCUT2D eigenvalue weighted by Gasteiger charge is 2.35. The first-order valence-corrected chi connectivity index (χ1v) is 6.92. The molecule has 0 heteroatoms. The van der Waals surface area contributed by atoms with E-state index in [0.29, 0.717) is 16.2 Å². The summed E-state index contributed by atoms with van der Waals surface area (Å²) in [6.07, 6.45) is 3.94. The van der Waals surface area contributed by atoms with E-state index in [-0.39, 0.29) is 0 Å². The van der Waals surface area contributed by atoms with Crippen molar-refractivity contribution in [3.8, 4) is 0 Å². The molecule has 0 heterocycles. The van der Waals surface area contributed by atoms with E-state index in [4.69, 9.17) is 0 Å². The summed E-state index contributed by atoms with van der Waals surface area (Å²) >= 11 is 0. The summed E-state index contributed by atoms with van der Waals surface area (Å²) in [6, 6.07) is 0. The highest BCUT2D eigenvalue weighted by Crippen LogP contribution is 2.46. The molecule has 0 aromatic rings. The molecule has 1 unspecified atom stereocenters. The maximum atomic E-state index is 2.46. The molecule has 0 nitrogen and oxygen atoms in total. The SMILES string of the molecule is CCC(C)(CC(C)(C)CC(C)(C)C)C(C)C. The maximum Gasteiger partial charge on any atom is -0.0300 e. The van der Waals surface area contributed by atoms with Gasteiger partial charge in [0.15, 0.2) is 0 Å². The van der Waals surface area contributed by atoms with E-state index in [0.717, 1.165) is 5.92 Å². The highest BCUT2D eigenvalue weighted by atomic mass is 14.4. The molecule has 1 atom stereocenters. The summed E-state index contributed by atoms with van der Waals surface area (Å²) in [5.41, 5.74) is 1.39. The number of hydrogen-bond acceptors (Lipinski definition) is 0. The van der Waals surface area contributed by atoms with Gasteiger partial charge in [-0.2, -0.15) is 0 Å². The van der Waals surface area contributed by atoms with E-state index in [2.05, 4.69) is 62.3 Å². The van der Waals surface area contributed by atoms with Gasteiger partial charge in [0.1, 0.15) is 0 Å². The van der Waals surface area contributed by atoms with Crippen molar-refractivity contribution in [3.63, 3.8) is 0 Å². The van der Waals surface area contributed by atoms with Gasteiger partial charge < -0.3 is 0 Å². The molecule has 0 spiro atoms. The van der Waals surface area contributed by atoms with Crippen molar-refractivity contribution in [2.75, 3.05) is 0 Å². The van der Waals surface area contributed by atoms with Crippen molar-refractivity contribution in [2.24, 2.45) is 22.2 Å². The third-order valence-corrected chi connectivity index (χ3v) is 4.09. The maximum absolute atomic E-state index is 2.46. The zero-order valence-electron chi connectivity index (χ0n) is 13.2. The first-order chi connectivity index (χ1) is 6.92. The van der Waals surface area contributed by atoms with E-state index in [1.807, 2.05) is 0 Å². The fraction of sp³-hybridized carbons (Fsp3) is 1.00. The first kappa shape index (κ1) is 16.0. The van der Waals surface area contributed by atoms with Crippen molar-refractivity contribution in [3.05, 3.63) is 0 Å². The van der Waals surface area contributed by atoms with Crippen LogP contribution in [0.3, 0.4) is 0 Å². The molecule has 0 bridgehead atoms. The third-order valence-electron chi connectivity index (χ3n) is 4.09. The minimum Gasteiger partial charge on any atom is -0.0649 e. The van der Waals surface area contributed by atoms with Gasteiger partial charge in [0, 0.05) is 0 Å². The minimum atomic E-state index is 0.440. The second-order valence-electron chi connectivity index (χ2n) is 8.24. The lowest BCUT2D eigenvalue weighted by atomic mass is 9.63. The molecule has 0 aromatic heterocycles. The van der Waals surface area contributed by atoms with Crippen molar-refractivity contribution >= 4 is 0 Å². The zero-order valence-corrected chi connectivity index (χ0v) is 13.2. The van der Waals surface area contributed by atoms with Crippen LogP contribution >= 0.6 is 0 Å². The monoisotopic (exact) mass is 226 g/mol. The quantitative estimate of drug-likeness (QED) is 0.546. The van der Waals surface area contributed by atoms with Crippen LogP contribution in [0.1, 0.15) is 81.6 Å². The van der Waals surface area contributed by atoms with E-state index < -0.39 is 0 Å². The van der Waals surface area contributed by atoms with E-state index in [1.54, 1.807) is 0 Å². The van der Waals surface area contributed by atoms with Gasteiger partial charge in [-0.1, -0.05) is 68.7 Å². The van der Waals surface area contributed by atoms with Crippen molar-refractivity contribution in [1.29, 1.82) is 0 Å². The fourth-order valence-electron chi connectivity index (χ4n) is 3.33. The molecule has 0 fully saturated rings. The first-order valence-electron chi connectivity index (χ1n) is 6.92. The van der Waals surface area contributed by atoms with Crippen molar-refractivity contribution in [2.45, 2.75) is 81.6 Å². The van der Waals surface area contributed by atoms with E-state index in [9.17, 15) is 0 Å². The summed E-state index contributed by atoms with van der Waals surface area (Å²) in [7, 11) is 0. The normalized spacial score (nSPS) is 17.6. The summed E-state index contributed by atoms with van der Waals surface area (Å²) < 4.78 is 0. The summed E-state index contributed by atoms with van der Waals surface area (Å²) in [4.78, 5) is 0. The van der Waals surface area contributed by atoms with Gasteiger partial charge in [0.2, 0.25) is 0 Å². The summed E-state index contributed by atoms with van der Waals surface area (Å²) in [5, 5.41) is 0. The van der Waals surface area contributed by atoms with Crippen LogP contribution in [0.15, 0.2) is 0 Å². The Kier molecular flexibility index (Phi) is 5.10. The average molecular weight is 226 g/mol. The Morgan fingerprint density at radius 1 is 0.812 bits per heavy atom. The average Bonchev–Trinajstić information content (AvgIpc) is 1.97. The zero-order chi connectivity index (χ0) is 13.2. The lowest BCUT2D eigenvalue weighted by Crippen LogP contribution is -2.32. The number of hydrogen-bond donors (Lipinski definition) is 0. The minimum absolute atomic E-state index is 0.440. The second-order valence-corrected chi connectivity index (χ2v) is 8.24. The molecule has 0 saturated carbocycles. The number of rotatable bonds is 5. The summed E-state index contributed by atoms with van der Waals surface area (Å²) in [6.45, 7) is 21.5. The Labute approximate surface area is 104 Å². The molecule has 0 amide bonds. The van der Waals surface area contributed by atoms with Gasteiger partial charge in [-0.05, 0) is 35.0 Å². The molecule has 16 heavy (non-hydrogen) atoms. The molecule has 0 aliphatic carbocycles. The van der Waals surface area contributed by atoms with Crippen LogP contribution in [0, 0.1) is 22.2 Å². The van der Waals surface area contributed by atoms with Crippen LogP contribution in [-0.2, 0) is 0 Å². The van der Waals surface area contributed by atoms with Crippen LogP contribution in [-0.4, -0.2) is 0 Å². The standard InChI is InChI=1S/C16H34/c1-10-16(9,13(2)3)12-15(7,8)11-14(4,5)6/h13H,10-12H2,1-9H3. The van der Waals surface area contributed by atoms with Crippen LogP contribution in [0.25, 0.3) is 0 Å². The Bertz CT molecular complexity index is 205. The predicted octanol–water partition coefficient (Wildman–Crippen LogP) is 5.91. The molecular weight excluding hydrogens is 192 g/mol. The molecule has 98 valence electrons. The molecule has 0 rings (SSSR count). The van der Waals surface area contributed by atoms with Crippen LogP contribution in [0.2, 0.25) is 0 Å². The third kappa shape index (κ3) is 5.37. The van der Waals surface area contributed by atoms with Crippen LogP contribution in [0.5, 0.6) is 0 Å². The van der Waals surface area contributed by atoms with Crippen molar-refractivity contribution in [1.82, 2.24) is 0 Å². The fourth-order valence-corrected chi connectivity index (χ4v) is 3.33. The second kappa shape index (κ2) is 5.10. The van der Waals surface area contributed by atoms with Gasteiger partial charge in [0.05, 0.1) is 0 Å². The van der Waals surface area contributed by atoms with Crippen LogP contribution < -0.4 is 0 Å².